The predicted octanol–water partition coefficient (Wildman–Crippen LogP) is 2.68. The molecule has 11 heteroatoms. The number of hydrogen-bond acceptors (Lipinski definition) is 8. The molecule has 1 aromatic heterocycles. The molecule has 3 N–H and O–H groups in total. The van der Waals surface area contributed by atoms with Crippen LogP contribution in [0.2, 0.25) is 0 Å². The normalized spacial score (nSPS) is 12.1. The summed E-state index contributed by atoms with van der Waals surface area (Å²) >= 11 is 3.05. The predicted molar refractivity (Wildman–Crippen MR) is 95.0 cm³/mol. The Balaban J connectivity index is 2.22. The molecule has 0 amide bonds. The average molecular weight is 388 g/mol. The van der Waals surface area contributed by atoms with Gasteiger partial charge >= 0.3 is 0 Å². The van der Waals surface area contributed by atoms with E-state index >= 15 is 0 Å². The van der Waals surface area contributed by atoms with Gasteiger partial charge in [-0.2, -0.15) is 0 Å². The van der Waals surface area contributed by atoms with Gasteiger partial charge in [0.2, 0.25) is 10.0 Å². The maximum absolute atomic E-state index is 11.4. The SMILES string of the molecule is CC(C)(CSc1nccs1)Nc1ccc(S(N)(=O)=O)cc1[N+](=O)[O-]. The van der Waals surface area contributed by atoms with E-state index in [2.05, 4.69) is 10.3 Å². The largest absolute Gasteiger partial charge is 0.374 e. The third-order valence-corrected chi connectivity index (χ3v) is 6.27. The molecule has 0 atom stereocenters. The number of hydrogen-bond donors (Lipinski definition) is 2. The number of nitrogens with zero attached hydrogens (tertiary/aromatic N) is 2. The van der Waals surface area contributed by atoms with Crippen molar-refractivity contribution in [3.63, 3.8) is 0 Å². The van der Waals surface area contributed by atoms with Gasteiger partial charge < -0.3 is 5.32 Å². The Labute approximate surface area is 147 Å². The molecule has 0 spiro atoms. The van der Waals surface area contributed by atoms with Crippen molar-refractivity contribution >= 4 is 44.5 Å². The van der Waals surface area contributed by atoms with E-state index in [1.165, 1.54) is 35.2 Å². The maximum Gasteiger partial charge on any atom is 0.293 e. The highest BCUT2D eigenvalue weighted by Gasteiger charge is 2.25. The minimum Gasteiger partial charge on any atom is -0.374 e. The van der Waals surface area contributed by atoms with Crippen molar-refractivity contribution < 1.29 is 13.3 Å². The fourth-order valence-electron chi connectivity index (χ4n) is 1.87. The highest BCUT2D eigenvalue weighted by molar-refractivity contribution is 8.01. The summed E-state index contributed by atoms with van der Waals surface area (Å²) in [6, 6.07) is 3.56. The van der Waals surface area contributed by atoms with Gasteiger partial charge in [0.15, 0.2) is 0 Å². The molecular formula is C13H16N4O4S3. The smallest absolute Gasteiger partial charge is 0.293 e. The number of thiazole rings is 1. The third kappa shape index (κ3) is 4.90. The molecule has 1 heterocycles. The van der Waals surface area contributed by atoms with E-state index in [0.29, 0.717) is 5.75 Å². The summed E-state index contributed by atoms with van der Waals surface area (Å²) in [6.45, 7) is 3.79. The van der Waals surface area contributed by atoms with E-state index in [9.17, 15) is 18.5 Å². The molecule has 0 unspecified atom stereocenters. The van der Waals surface area contributed by atoms with Crippen LogP contribution in [-0.2, 0) is 10.0 Å². The van der Waals surface area contributed by atoms with Gasteiger partial charge in [-0.25, -0.2) is 18.5 Å². The number of sulfonamides is 1. The Bertz CT molecular complexity index is 835. The highest BCUT2D eigenvalue weighted by Crippen LogP contribution is 2.32. The number of nitrogens with two attached hydrogens (primary N) is 1. The number of benzene rings is 1. The fraction of sp³-hybridized carbons (Fsp3) is 0.308. The van der Waals surface area contributed by atoms with Crippen molar-refractivity contribution in [2.45, 2.75) is 28.6 Å². The first-order valence-electron chi connectivity index (χ1n) is 6.70. The number of primary sulfonamides is 1. The zero-order chi connectivity index (χ0) is 18.0. The van der Waals surface area contributed by atoms with E-state index in [4.69, 9.17) is 5.14 Å². The molecule has 0 aliphatic heterocycles. The van der Waals surface area contributed by atoms with E-state index in [1.807, 2.05) is 19.2 Å². The Morgan fingerprint density at radius 2 is 2.17 bits per heavy atom. The molecule has 0 aliphatic carbocycles. The molecule has 0 saturated heterocycles. The van der Waals surface area contributed by atoms with Crippen LogP contribution in [0.5, 0.6) is 0 Å². The number of rotatable bonds is 7. The van der Waals surface area contributed by atoms with Crippen molar-refractivity contribution in [3.05, 3.63) is 39.9 Å². The van der Waals surface area contributed by atoms with Crippen LogP contribution >= 0.6 is 23.1 Å². The topological polar surface area (TPSA) is 128 Å². The van der Waals surface area contributed by atoms with Crippen molar-refractivity contribution in [2.75, 3.05) is 11.1 Å². The number of aromatic nitrogens is 1. The quantitative estimate of drug-likeness (QED) is 0.424. The lowest BCUT2D eigenvalue weighted by Gasteiger charge is -2.26. The second-order valence-corrected chi connectivity index (χ2v) is 9.26. The zero-order valence-electron chi connectivity index (χ0n) is 12.9. The molecule has 2 aromatic rings. The van der Waals surface area contributed by atoms with Crippen LogP contribution < -0.4 is 10.5 Å². The second kappa shape index (κ2) is 7.05. The lowest BCUT2D eigenvalue weighted by molar-refractivity contribution is -0.384. The number of nitro groups is 1. The summed E-state index contributed by atoms with van der Waals surface area (Å²) in [5.74, 6) is 0.620. The average Bonchev–Trinajstić information content (AvgIpc) is 2.97. The van der Waals surface area contributed by atoms with Crippen LogP contribution in [0.25, 0.3) is 0 Å². The molecular weight excluding hydrogens is 372 g/mol. The van der Waals surface area contributed by atoms with Gasteiger partial charge in [-0.3, -0.25) is 10.1 Å². The van der Waals surface area contributed by atoms with E-state index in [-0.39, 0.29) is 16.3 Å². The van der Waals surface area contributed by atoms with Crippen molar-refractivity contribution in [3.8, 4) is 0 Å². The standard InChI is InChI=1S/C13H16N4O4S3/c1-13(2,8-23-12-15-5-6-22-12)16-10-4-3-9(24(14,20)21)7-11(10)17(18)19/h3-7,16H,8H2,1-2H3,(H2,14,20,21). The first-order valence-corrected chi connectivity index (χ1v) is 10.1. The Morgan fingerprint density at radius 3 is 2.71 bits per heavy atom. The first-order chi connectivity index (χ1) is 11.1. The van der Waals surface area contributed by atoms with Gasteiger partial charge in [0.25, 0.3) is 5.69 Å². The molecule has 24 heavy (non-hydrogen) atoms. The van der Waals surface area contributed by atoms with Crippen molar-refractivity contribution in [1.29, 1.82) is 0 Å². The third-order valence-electron chi connectivity index (χ3n) is 2.93. The Kier molecular flexibility index (Phi) is 5.48. The summed E-state index contributed by atoms with van der Waals surface area (Å²) < 4.78 is 23.6. The van der Waals surface area contributed by atoms with Crippen LogP contribution in [0, 0.1) is 10.1 Å². The minimum absolute atomic E-state index is 0.233. The summed E-state index contributed by atoms with van der Waals surface area (Å²) in [6.07, 6.45) is 1.71. The summed E-state index contributed by atoms with van der Waals surface area (Å²) in [5.41, 5.74) is -0.588. The summed E-state index contributed by atoms with van der Waals surface area (Å²) in [7, 11) is -4.00. The van der Waals surface area contributed by atoms with Crippen LogP contribution in [0.1, 0.15) is 13.8 Å². The van der Waals surface area contributed by atoms with E-state index in [1.54, 1.807) is 6.20 Å². The van der Waals surface area contributed by atoms with Crippen LogP contribution in [0.4, 0.5) is 11.4 Å². The zero-order valence-corrected chi connectivity index (χ0v) is 15.4. The number of thioether (sulfide) groups is 1. The van der Waals surface area contributed by atoms with Gasteiger partial charge in [-0.05, 0) is 26.0 Å². The molecule has 8 nitrogen and oxygen atoms in total. The number of nitrogens with one attached hydrogen (secondary N) is 1. The lowest BCUT2D eigenvalue weighted by atomic mass is 10.1. The Hall–Kier alpha value is -1.69. The summed E-state index contributed by atoms with van der Waals surface area (Å²) in [5, 5.41) is 21.2. The molecule has 1 aromatic carbocycles. The highest BCUT2D eigenvalue weighted by atomic mass is 32.2. The molecule has 0 fully saturated rings. The van der Waals surface area contributed by atoms with Gasteiger partial charge in [0.05, 0.1) is 9.82 Å². The number of anilines is 1. The monoisotopic (exact) mass is 388 g/mol. The maximum atomic E-state index is 11.4. The number of nitro benzene ring substituents is 1. The van der Waals surface area contributed by atoms with Crippen molar-refractivity contribution in [1.82, 2.24) is 4.98 Å². The molecule has 130 valence electrons. The van der Waals surface area contributed by atoms with Crippen molar-refractivity contribution in [2.24, 2.45) is 5.14 Å². The molecule has 0 aliphatic rings. The lowest BCUT2D eigenvalue weighted by Crippen LogP contribution is -2.34. The van der Waals surface area contributed by atoms with Gasteiger partial charge in [0, 0.05) is 28.9 Å². The minimum atomic E-state index is -4.00. The summed E-state index contributed by atoms with van der Waals surface area (Å²) in [4.78, 5) is 14.5. The van der Waals surface area contributed by atoms with Gasteiger partial charge in [-0.15, -0.1) is 11.3 Å². The molecule has 2 rings (SSSR count). The molecule has 0 saturated carbocycles. The van der Waals surface area contributed by atoms with Gasteiger partial charge in [0.1, 0.15) is 10.0 Å². The van der Waals surface area contributed by atoms with Crippen LogP contribution in [-0.4, -0.2) is 29.6 Å². The molecule has 0 radical (unpaired) electrons. The fourth-order valence-corrected chi connectivity index (χ4v) is 4.07. The second-order valence-electron chi connectivity index (χ2n) is 5.58. The van der Waals surface area contributed by atoms with Gasteiger partial charge in [-0.1, -0.05) is 11.8 Å². The van der Waals surface area contributed by atoms with Crippen LogP contribution in [0.3, 0.4) is 0 Å². The van der Waals surface area contributed by atoms with Crippen LogP contribution in [0.15, 0.2) is 39.0 Å². The first kappa shape index (κ1) is 18.6. The van der Waals surface area contributed by atoms with E-state index < -0.39 is 20.5 Å². The van der Waals surface area contributed by atoms with E-state index in [0.717, 1.165) is 10.4 Å². The Morgan fingerprint density at radius 1 is 1.46 bits per heavy atom. The molecule has 0 bridgehead atoms.